The Bertz CT molecular complexity index is 291. The van der Waals surface area contributed by atoms with E-state index < -0.39 is 0 Å². The third kappa shape index (κ3) is 1.94. The molecule has 2 rings (SSSR count). The van der Waals surface area contributed by atoms with Crippen LogP contribution in [-0.2, 0) is 4.74 Å². The summed E-state index contributed by atoms with van der Waals surface area (Å²) in [7, 11) is 0. The van der Waals surface area contributed by atoms with E-state index in [4.69, 9.17) is 10.5 Å². The monoisotopic (exact) mass is 192 g/mol. The van der Waals surface area contributed by atoms with Crippen molar-refractivity contribution in [2.75, 3.05) is 13.2 Å². The van der Waals surface area contributed by atoms with Gasteiger partial charge in [-0.3, -0.25) is 4.98 Å². The van der Waals surface area contributed by atoms with E-state index in [-0.39, 0.29) is 6.04 Å². The Balaban J connectivity index is 2.09. The molecule has 1 aliphatic rings. The summed E-state index contributed by atoms with van der Waals surface area (Å²) in [6.07, 6.45) is 2.94. The van der Waals surface area contributed by atoms with Gasteiger partial charge in [-0.2, -0.15) is 0 Å². The van der Waals surface area contributed by atoms with Crippen molar-refractivity contribution in [3.8, 4) is 0 Å². The largest absolute Gasteiger partial charge is 0.381 e. The number of hydrogen-bond acceptors (Lipinski definition) is 3. The molecular weight excluding hydrogens is 176 g/mol. The van der Waals surface area contributed by atoms with Crippen molar-refractivity contribution in [1.82, 2.24) is 4.98 Å². The van der Waals surface area contributed by atoms with Gasteiger partial charge in [0.2, 0.25) is 0 Å². The highest BCUT2D eigenvalue weighted by atomic mass is 16.5. The number of pyridine rings is 1. The minimum Gasteiger partial charge on any atom is -0.381 e. The van der Waals surface area contributed by atoms with Crippen molar-refractivity contribution in [2.45, 2.75) is 19.4 Å². The van der Waals surface area contributed by atoms with Crippen molar-refractivity contribution < 1.29 is 4.74 Å². The van der Waals surface area contributed by atoms with E-state index in [9.17, 15) is 0 Å². The first-order chi connectivity index (χ1) is 6.77. The molecule has 1 aromatic rings. The van der Waals surface area contributed by atoms with Gasteiger partial charge in [0.05, 0.1) is 6.61 Å². The lowest BCUT2D eigenvalue weighted by atomic mass is 9.94. The Morgan fingerprint density at radius 3 is 3.00 bits per heavy atom. The predicted molar refractivity (Wildman–Crippen MR) is 54.8 cm³/mol. The molecule has 3 nitrogen and oxygen atoms in total. The minimum absolute atomic E-state index is 0.0746. The second-order valence-electron chi connectivity index (χ2n) is 3.88. The Morgan fingerprint density at radius 1 is 1.57 bits per heavy atom. The molecule has 76 valence electrons. The number of aryl methyl sites for hydroxylation is 1. The first-order valence-corrected chi connectivity index (χ1v) is 5.03. The average Bonchev–Trinajstić information content (AvgIpc) is 2.71. The molecule has 1 saturated heterocycles. The molecule has 3 heteroatoms. The summed E-state index contributed by atoms with van der Waals surface area (Å²) in [6, 6.07) is 4.14. The van der Waals surface area contributed by atoms with Gasteiger partial charge in [0.25, 0.3) is 0 Å². The topological polar surface area (TPSA) is 48.1 Å². The van der Waals surface area contributed by atoms with Crippen LogP contribution in [0.1, 0.15) is 23.7 Å². The van der Waals surface area contributed by atoms with Gasteiger partial charge in [-0.1, -0.05) is 6.07 Å². The van der Waals surface area contributed by atoms with Crippen LogP contribution in [0.5, 0.6) is 0 Å². The van der Waals surface area contributed by atoms with Crippen LogP contribution in [0.4, 0.5) is 0 Å². The van der Waals surface area contributed by atoms with Crippen molar-refractivity contribution >= 4 is 0 Å². The molecule has 2 unspecified atom stereocenters. The van der Waals surface area contributed by atoms with E-state index in [1.54, 1.807) is 0 Å². The highest BCUT2D eigenvalue weighted by Crippen LogP contribution is 2.25. The van der Waals surface area contributed by atoms with Gasteiger partial charge in [0.1, 0.15) is 0 Å². The number of nitrogens with zero attached hydrogens (tertiary/aromatic N) is 1. The maximum absolute atomic E-state index is 6.13. The van der Waals surface area contributed by atoms with Crippen LogP contribution >= 0.6 is 0 Å². The third-order valence-electron chi connectivity index (χ3n) is 2.79. The number of ether oxygens (including phenoxy) is 1. The van der Waals surface area contributed by atoms with Crippen molar-refractivity contribution in [2.24, 2.45) is 11.7 Å². The van der Waals surface area contributed by atoms with Gasteiger partial charge in [-0.05, 0) is 25.0 Å². The molecule has 2 N–H and O–H groups in total. The van der Waals surface area contributed by atoms with E-state index in [0.29, 0.717) is 5.92 Å². The van der Waals surface area contributed by atoms with E-state index in [1.807, 2.05) is 19.2 Å². The molecule has 0 amide bonds. The second-order valence-corrected chi connectivity index (χ2v) is 3.88. The zero-order valence-electron chi connectivity index (χ0n) is 8.44. The fraction of sp³-hybridized carbons (Fsp3) is 0.545. The Morgan fingerprint density at radius 2 is 2.43 bits per heavy atom. The second kappa shape index (κ2) is 4.07. The predicted octanol–water partition coefficient (Wildman–Crippen LogP) is 1.43. The fourth-order valence-corrected chi connectivity index (χ4v) is 1.78. The standard InChI is InChI=1S/C11H16N2O/c1-8-2-3-9(6-13-8)11(12)10-4-5-14-7-10/h2-3,6,10-11H,4-5,7,12H2,1H3. The highest BCUT2D eigenvalue weighted by Gasteiger charge is 2.23. The fourth-order valence-electron chi connectivity index (χ4n) is 1.78. The molecular formula is C11H16N2O. The SMILES string of the molecule is Cc1ccc(C(N)C2CCOC2)cn1. The van der Waals surface area contributed by atoms with Crippen LogP contribution in [0, 0.1) is 12.8 Å². The molecule has 0 saturated carbocycles. The normalized spacial score (nSPS) is 23.7. The molecule has 0 bridgehead atoms. The van der Waals surface area contributed by atoms with Crippen molar-refractivity contribution in [3.63, 3.8) is 0 Å². The van der Waals surface area contributed by atoms with Crippen LogP contribution < -0.4 is 5.73 Å². The first-order valence-electron chi connectivity index (χ1n) is 5.03. The lowest BCUT2D eigenvalue weighted by Gasteiger charge is -2.17. The lowest BCUT2D eigenvalue weighted by Crippen LogP contribution is -2.21. The Hall–Kier alpha value is -0.930. The molecule has 1 fully saturated rings. The summed E-state index contributed by atoms with van der Waals surface area (Å²) in [4.78, 5) is 4.25. The summed E-state index contributed by atoms with van der Waals surface area (Å²) in [6.45, 7) is 3.61. The van der Waals surface area contributed by atoms with E-state index in [1.165, 1.54) is 0 Å². The minimum atomic E-state index is 0.0746. The van der Waals surface area contributed by atoms with Crippen molar-refractivity contribution in [1.29, 1.82) is 0 Å². The van der Waals surface area contributed by atoms with Crippen LogP contribution in [0.15, 0.2) is 18.3 Å². The summed E-state index contributed by atoms with van der Waals surface area (Å²) in [5.74, 6) is 0.458. The van der Waals surface area contributed by atoms with Gasteiger partial charge < -0.3 is 10.5 Å². The molecule has 14 heavy (non-hydrogen) atoms. The average molecular weight is 192 g/mol. The number of hydrogen-bond donors (Lipinski definition) is 1. The van der Waals surface area contributed by atoms with Crippen LogP contribution in [0.25, 0.3) is 0 Å². The van der Waals surface area contributed by atoms with E-state index >= 15 is 0 Å². The molecule has 0 aromatic carbocycles. The zero-order chi connectivity index (χ0) is 9.97. The van der Waals surface area contributed by atoms with Gasteiger partial charge in [-0.15, -0.1) is 0 Å². The van der Waals surface area contributed by atoms with Crippen LogP contribution in [-0.4, -0.2) is 18.2 Å². The van der Waals surface area contributed by atoms with E-state index in [0.717, 1.165) is 30.9 Å². The van der Waals surface area contributed by atoms with Crippen LogP contribution in [0.3, 0.4) is 0 Å². The quantitative estimate of drug-likeness (QED) is 0.771. The number of aromatic nitrogens is 1. The number of nitrogens with two attached hydrogens (primary N) is 1. The summed E-state index contributed by atoms with van der Waals surface area (Å²) in [5, 5.41) is 0. The molecule has 0 radical (unpaired) electrons. The van der Waals surface area contributed by atoms with Crippen molar-refractivity contribution in [3.05, 3.63) is 29.6 Å². The summed E-state index contributed by atoms with van der Waals surface area (Å²) >= 11 is 0. The first kappa shape index (κ1) is 9.62. The summed E-state index contributed by atoms with van der Waals surface area (Å²) in [5.41, 5.74) is 8.28. The Kier molecular flexibility index (Phi) is 2.79. The van der Waals surface area contributed by atoms with E-state index in [2.05, 4.69) is 11.1 Å². The maximum Gasteiger partial charge on any atom is 0.0513 e. The molecule has 0 spiro atoms. The smallest absolute Gasteiger partial charge is 0.0513 e. The molecule has 0 aliphatic carbocycles. The third-order valence-corrected chi connectivity index (χ3v) is 2.79. The molecule has 1 aromatic heterocycles. The zero-order valence-corrected chi connectivity index (χ0v) is 8.44. The highest BCUT2D eigenvalue weighted by molar-refractivity contribution is 5.17. The summed E-state index contributed by atoms with van der Waals surface area (Å²) < 4.78 is 5.32. The Labute approximate surface area is 84.3 Å². The molecule has 2 heterocycles. The van der Waals surface area contributed by atoms with Gasteiger partial charge in [0, 0.05) is 30.5 Å². The van der Waals surface area contributed by atoms with Gasteiger partial charge in [0.15, 0.2) is 0 Å². The van der Waals surface area contributed by atoms with Gasteiger partial charge >= 0.3 is 0 Å². The number of rotatable bonds is 2. The molecule has 1 aliphatic heterocycles. The van der Waals surface area contributed by atoms with Gasteiger partial charge in [-0.25, -0.2) is 0 Å². The van der Waals surface area contributed by atoms with Crippen LogP contribution in [0.2, 0.25) is 0 Å². The maximum atomic E-state index is 6.13. The lowest BCUT2D eigenvalue weighted by molar-refractivity contribution is 0.181. The molecule has 2 atom stereocenters.